The molecule has 4 rings (SSSR count). The van der Waals surface area contributed by atoms with E-state index in [0.717, 1.165) is 30.2 Å². The van der Waals surface area contributed by atoms with Crippen LogP contribution in [-0.4, -0.2) is 62.6 Å². The van der Waals surface area contributed by atoms with E-state index in [4.69, 9.17) is 26.1 Å². The smallest absolute Gasteiger partial charge is 0.143 e. The van der Waals surface area contributed by atoms with Gasteiger partial charge in [0.2, 0.25) is 0 Å². The lowest BCUT2D eigenvalue weighted by Gasteiger charge is -2.34. The highest BCUT2D eigenvalue weighted by atomic mass is 35.5. The van der Waals surface area contributed by atoms with Gasteiger partial charge in [-0.05, 0) is 25.7 Å². The predicted octanol–water partition coefficient (Wildman–Crippen LogP) is 2.75. The molecule has 8 heteroatoms. The third-order valence-corrected chi connectivity index (χ3v) is 7.49. The van der Waals surface area contributed by atoms with Crippen molar-refractivity contribution >= 4 is 11.6 Å². The number of nitrogens with one attached hydrogen (secondary N) is 4. The van der Waals surface area contributed by atoms with Crippen molar-refractivity contribution in [1.82, 2.24) is 26.3 Å². The van der Waals surface area contributed by atoms with Crippen molar-refractivity contribution in [3.8, 4) is 5.75 Å². The van der Waals surface area contributed by atoms with Gasteiger partial charge in [-0.1, -0.05) is 37.3 Å². The van der Waals surface area contributed by atoms with E-state index in [-0.39, 0.29) is 0 Å². The van der Waals surface area contributed by atoms with Crippen LogP contribution in [0.2, 0.25) is 5.02 Å². The minimum Gasteiger partial charge on any atom is -0.489 e. The molecule has 0 unspecified atom stereocenters. The van der Waals surface area contributed by atoms with Gasteiger partial charge in [0.1, 0.15) is 12.4 Å². The van der Waals surface area contributed by atoms with E-state index in [1.807, 2.05) is 6.07 Å². The average Bonchev–Trinajstić information content (AvgIpc) is 2.82. The third kappa shape index (κ3) is 6.55. The minimum atomic E-state index is 0.446. The molecular formula is C24H40ClN5O2. The van der Waals surface area contributed by atoms with Crippen LogP contribution in [0.25, 0.3) is 0 Å². The lowest BCUT2D eigenvalue weighted by Crippen LogP contribution is -2.53. The van der Waals surface area contributed by atoms with Crippen LogP contribution < -0.4 is 26.0 Å². The van der Waals surface area contributed by atoms with Crippen molar-refractivity contribution in [2.45, 2.75) is 88.6 Å². The average molecular weight is 466 g/mol. The Bertz CT molecular complexity index is 722. The number of fused-ring (bicyclic) bond motifs is 4. The number of aromatic nitrogens is 1. The molecule has 180 valence electrons. The van der Waals surface area contributed by atoms with Gasteiger partial charge in [-0.15, -0.1) is 0 Å². The van der Waals surface area contributed by atoms with Gasteiger partial charge in [0, 0.05) is 63.5 Å². The van der Waals surface area contributed by atoms with Gasteiger partial charge in [0.05, 0.1) is 23.0 Å². The summed E-state index contributed by atoms with van der Waals surface area (Å²) < 4.78 is 11.1. The Hall–Kier alpha value is -0.960. The summed E-state index contributed by atoms with van der Waals surface area (Å²) in [5.74, 6) is 0.755. The van der Waals surface area contributed by atoms with Crippen molar-refractivity contribution in [1.29, 1.82) is 0 Å². The Morgan fingerprint density at radius 3 is 1.91 bits per heavy atom. The highest BCUT2D eigenvalue weighted by molar-refractivity contribution is 6.31. The van der Waals surface area contributed by atoms with Gasteiger partial charge < -0.3 is 30.7 Å². The summed E-state index contributed by atoms with van der Waals surface area (Å²) in [5, 5.41) is 15.8. The van der Waals surface area contributed by atoms with Gasteiger partial charge in [-0.25, -0.2) is 4.98 Å². The molecule has 1 aromatic rings. The van der Waals surface area contributed by atoms with Crippen LogP contribution in [-0.2, 0) is 17.8 Å². The summed E-state index contributed by atoms with van der Waals surface area (Å²) in [6.45, 7) is 4.41. The molecule has 7 nitrogen and oxygen atoms in total. The summed E-state index contributed by atoms with van der Waals surface area (Å²) in [5.41, 5.74) is 1.83. The van der Waals surface area contributed by atoms with Crippen molar-refractivity contribution in [3.63, 3.8) is 0 Å². The molecule has 2 aliphatic carbocycles. The molecule has 3 aliphatic rings. The molecule has 0 amide bonds. The molecule has 2 bridgehead atoms. The Morgan fingerprint density at radius 1 is 0.812 bits per heavy atom. The van der Waals surface area contributed by atoms with Gasteiger partial charge in [-0.2, -0.15) is 0 Å². The summed E-state index contributed by atoms with van der Waals surface area (Å²) >= 11 is 6.65. The first-order chi connectivity index (χ1) is 15.7. The zero-order valence-corrected chi connectivity index (χ0v) is 20.2. The van der Waals surface area contributed by atoms with Crippen LogP contribution in [0.3, 0.4) is 0 Å². The second kappa shape index (κ2) is 12.5. The monoisotopic (exact) mass is 465 g/mol. The lowest BCUT2D eigenvalue weighted by molar-refractivity contribution is 0.145. The van der Waals surface area contributed by atoms with E-state index in [0.29, 0.717) is 55.5 Å². The van der Waals surface area contributed by atoms with E-state index in [9.17, 15) is 0 Å². The normalized spacial score (nSPS) is 29.8. The standard InChI is InChI=1S/C24H40ClN5O2/c1-31-12-13-32-24-14-17(25)22-15-28-20-8-4-2-6-18(20)26-10-11-27-19-7-3-5-9-21(19)29-16-23(24)30-22/h14,18-21,26-29H,2-13,15-16H2,1H3/t18-,19-,20-,21-/m1/s1. The Kier molecular flexibility index (Phi) is 9.43. The number of methoxy groups -OCH3 is 1. The molecule has 0 aromatic carbocycles. The second-order valence-corrected chi connectivity index (χ2v) is 9.78. The van der Waals surface area contributed by atoms with Gasteiger partial charge >= 0.3 is 0 Å². The van der Waals surface area contributed by atoms with E-state index >= 15 is 0 Å². The highest BCUT2D eigenvalue weighted by Crippen LogP contribution is 2.27. The van der Waals surface area contributed by atoms with Gasteiger partial charge in [0.15, 0.2) is 0 Å². The van der Waals surface area contributed by atoms with Crippen molar-refractivity contribution in [2.24, 2.45) is 0 Å². The van der Waals surface area contributed by atoms with E-state index in [1.54, 1.807) is 7.11 Å². The number of halogens is 1. The molecule has 1 aliphatic heterocycles. The minimum absolute atomic E-state index is 0.446. The summed E-state index contributed by atoms with van der Waals surface area (Å²) in [7, 11) is 1.68. The number of ether oxygens (including phenoxy) is 2. The molecule has 0 saturated heterocycles. The maximum atomic E-state index is 6.65. The van der Waals surface area contributed by atoms with E-state index < -0.39 is 0 Å². The number of hydrogen-bond donors (Lipinski definition) is 4. The zero-order valence-electron chi connectivity index (χ0n) is 19.4. The van der Waals surface area contributed by atoms with Crippen LogP contribution in [0.5, 0.6) is 5.75 Å². The first-order valence-electron chi connectivity index (χ1n) is 12.5. The maximum Gasteiger partial charge on any atom is 0.143 e. The molecule has 32 heavy (non-hydrogen) atoms. The molecule has 4 atom stereocenters. The van der Waals surface area contributed by atoms with Crippen LogP contribution in [0.1, 0.15) is 62.8 Å². The van der Waals surface area contributed by atoms with Crippen molar-refractivity contribution in [3.05, 3.63) is 22.5 Å². The van der Waals surface area contributed by atoms with Crippen LogP contribution in [0.4, 0.5) is 0 Å². The van der Waals surface area contributed by atoms with Crippen molar-refractivity contribution < 1.29 is 9.47 Å². The molecule has 2 heterocycles. The Labute approximate surface area is 197 Å². The number of nitrogens with zero attached hydrogens (tertiary/aromatic N) is 1. The van der Waals surface area contributed by atoms with Crippen LogP contribution in [0.15, 0.2) is 6.07 Å². The Morgan fingerprint density at radius 2 is 1.34 bits per heavy atom. The number of hydrogen-bond acceptors (Lipinski definition) is 7. The highest BCUT2D eigenvalue weighted by Gasteiger charge is 2.27. The summed E-state index contributed by atoms with van der Waals surface area (Å²) in [4.78, 5) is 4.97. The first kappa shape index (κ1) is 24.2. The quantitative estimate of drug-likeness (QED) is 0.509. The summed E-state index contributed by atoms with van der Waals surface area (Å²) in [6, 6.07) is 3.84. The van der Waals surface area contributed by atoms with Gasteiger partial charge in [-0.3, -0.25) is 0 Å². The van der Waals surface area contributed by atoms with Crippen LogP contribution in [0, 0.1) is 0 Å². The fourth-order valence-electron chi connectivity index (χ4n) is 5.37. The fourth-order valence-corrected chi connectivity index (χ4v) is 5.58. The van der Waals surface area contributed by atoms with E-state index in [2.05, 4.69) is 21.3 Å². The molecular weight excluding hydrogens is 426 g/mol. The predicted molar refractivity (Wildman–Crippen MR) is 128 cm³/mol. The fraction of sp³-hybridized carbons (Fsp3) is 0.792. The maximum absolute atomic E-state index is 6.65. The largest absolute Gasteiger partial charge is 0.489 e. The molecule has 0 radical (unpaired) electrons. The first-order valence-corrected chi connectivity index (χ1v) is 12.9. The Balaban J connectivity index is 1.56. The van der Waals surface area contributed by atoms with Crippen LogP contribution >= 0.6 is 11.6 Å². The van der Waals surface area contributed by atoms with Gasteiger partial charge in [0.25, 0.3) is 0 Å². The topological polar surface area (TPSA) is 79.5 Å². The lowest BCUT2D eigenvalue weighted by atomic mass is 9.89. The molecule has 2 saturated carbocycles. The van der Waals surface area contributed by atoms with E-state index in [1.165, 1.54) is 51.4 Å². The molecule has 0 spiro atoms. The second-order valence-electron chi connectivity index (χ2n) is 9.37. The van der Waals surface area contributed by atoms with Crippen molar-refractivity contribution in [2.75, 3.05) is 33.4 Å². The summed E-state index contributed by atoms with van der Waals surface area (Å²) in [6.07, 6.45) is 9.99. The molecule has 1 aromatic heterocycles. The number of rotatable bonds is 4. The zero-order chi connectivity index (χ0) is 22.2. The number of pyridine rings is 1. The molecule has 4 N–H and O–H groups in total. The SMILES string of the molecule is COCCOc1cc(Cl)c2nc1CN[C@@H]1CCCC[C@H]1NCCN[C@@H]1CCCC[C@H]1NC2. The molecule has 2 fully saturated rings. The third-order valence-electron chi connectivity index (χ3n) is 7.17.